The van der Waals surface area contributed by atoms with E-state index in [-0.39, 0.29) is 18.6 Å². The van der Waals surface area contributed by atoms with Crippen LogP contribution in [0.25, 0.3) is 0 Å². The van der Waals surface area contributed by atoms with E-state index < -0.39 is 0 Å². The lowest BCUT2D eigenvalue weighted by atomic mass is 10.0. The van der Waals surface area contributed by atoms with Crippen LogP contribution in [0.5, 0.6) is 0 Å². The lowest BCUT2D eigenvalue weighted by Crippen LogP contribution is -2.35. The van der Waals surface area contributed by atoms with Gasteiger partial charge in [-0.15, -0.1) is 0 Å². The number of hydrogen-bond acceptors (Lipinski definition) is 2. The van der Waals surface area contributed by atoms with Crippen LogP contribution in [0.15, 0.2) is 0 Å². The molecule has 0 spiro atoms. The quantitative estimate of drug-likeness (QED) is 0.354. The molecule has 1 atom stereocenters. The lowest BCUT2D eigenvalue weighted by molar-refractivity contribution is -0.120. The summed E-state index contributed by atoms with van der Waals surface area (Å²) in [6.07, 6.45) is 19.9. The molecular formula is C20H41NO2. The zero-order chi connectivity index (χ0) is 17.2. The van der Waals surface area contributed by atoms with Crippen molar-refractivity contribution < 1.29 is 9.90 Å². The Morgan fingerprint density at radius 1 is 0.783 bits per heavy atom. The van der Waals surface area contributed by atoms with Gasteiger partial charge in [-0.2, -0.15) is 0 Å². The van der Waals surface area contributed by atoms with Crippen molar-refractivity contribution in [2.24, 2.45) is 0 Å². The first-order valence-electron chi connectivity index (χ1n) is 10.1. The van der Waals surface area contributed by atoms with E-state index in [0.717, 1.165) is 12.8 Å². The van der Waals surface area contributed by atoms with Crippen LogP contribution in [0.1, 0.15) is 110 Å². The molecule has 0 aromatic rings. The fourth-order valence-corrected chi connectivity index (χ4v) is 3.08. The number of hydrogen-bond donors (Lipinski definition) is 2. The van der Waals surface area contributed by atoms with Crippen LogP contribution in [0.3, 0.4) is 0 Å². The monoisotopic (exact) mass is 327 g/mol. The highest BCUT2D eigenvalue weighted by atomic mass is 16.3. The average molecular weight is 328 g/mol. The van der Waals surface area contributed by atoms with E-state index in [1.165, 1.54) is 90.4 Å². The van der Waals surface area contributed by atoms with Crippen molar-refractivity contribution in [2.75, 3.05) is 6.61 Å². The highest BCUT2D eigenvalue weighted by Crippen LogP contribution is 2.13. The molecule has 0 aliphatic rings. The van der Waals surface area contributed by atoms with Gasteiger partial charge in [0.15, 0.2) is 0 Å². The van der Waals surface area contributed by atoms with Crippen LogP contribution in [-0.2, 0) is 4.79 Å². The first-order valence-corrected chi connectivity index (χ1v) is 10.1. The molecule has 0 aliphatic carbocycles. The molecule has 1 amide bonds. The number of rotatable bonds is 17. The van der Waals surface area contributed by atoms with Crippen molar-refractivity contribution in [3.05, 3.63) is 0 Å². The summed E-state index contributed by atoms with van der Waals surface area (Å²) in [5.41, 5.74) is 0. The van der Waals surface area contributed by atoms with E-state index in [1.807, 2.05) is 0 Å². The van der Waals surface area contributed by atoms with Crippen LogP contribution >= 0.6 is 0 Å². The summed E-state index contributed by atoms with van der Waals surface area (Å²) in [5, 5.41) is 12.0. The fourth-order valence-electron chi connectivity index (χ4n) is 3.08. The van der Waals surface area contributed by atoms with Crippen LogP contribution in [-0.4, -0.2) is 23.7 Å². The Morgan fingerprint density at radius 2 is 1.17 bits per heavy atom. The van der Waals surface area contributed by atoms with Gasteiger partial charge in [0.25, 0.3) is 0 Å². The molecule has 2 N–H and O–H groups in total. The highest BCUT2D eigenvalue weighted by molar-refractivity contribution is 5.73. The topological polar surface area (TPSA) is 49.3 Å². The second-order valence-corrected chi connectivity index (χ2v) is 6.96. The van der Waals surface area contributed by atoms with E-state index in [2.05, 4.69) is 12.2 Å². The van der Waals surface area contributed by atoms with Crippen LogP contribution < -0.4 is 5.32 Å². The van der Waals surface area contributed by atoms with Gasteiger partial charge in [-0.25, -0.2) is 0 Å². The predicted octanol–water partition coefficient (Wildman–Crippen LogP) is 5.35. The van der Waals surface area contributed by atoms with Gasteiger partial charge in [0.05, 0.1) is 12.6 Å². The molecular weight excluding hydrogens is 286 g/mol. The standard InChI is InChI=1S/C20H41NO2/c1-3-4-5-6-7-8-9-10-11-12-13-14-15-16-17-20(18-22)21-19(2)23/h20,22H,3-18H2,1-2H3,(H,21,23). The molecule has 0 aliphatic heterocycles. The lowest BCUT2D eigenvalue weighted by Gasteiger charge is -2.14. The smallest absolute Gasteiger partial charge is 0.217 e. The summed E-state index contributed by atoms with van der Waals surface area (Å²) in [7, 11) is 0. The van der Waals surface area contributed by atoms with E-state index >= 15 is 0 Å². The Bertz CT molecular complexity index is 256. The summed E-state index contributed by atoms with van der Waals surface area (Å²) in [6, 6.07) is -0.0511. The maximum atomic E-state index is 10.9. The number of unbranched alkanes of at least 4 members (excludes halogenated alkanes) is 13. The molecule has 138 valence electrons. The van der Waals surface area contributed by atoms with Gasteiger partial charge in [0.1, 0.15) is 0 Å². The van der Waals surface area contributed by atoms with Gasteiger partial charge >= 0.3 is 0 Å². The molecule has 0 rings (SSSR count). The average Bonchev–Trinajstić information content (AvgIpc) is 2.53. The fraction of sp³-hybridized carbons (Fsp3) is 0.950. The maximum Gasteiger partial charge on any atom is 0.217 e. The van der Waals surface area contributed by atoms with Gasteiger partial charge < -0.3 is 10.4 Å². The Hall–Kier alpha value is -0.570. The second kappa shape index (κ2) is 17.8. The molecule has 0 saturated heterocycles. The third kappa shape index (κ3) is 17.6. The van der Waals surface area contributed by atoms with E-state index in [4.69, 9.17) is 5.11 Å². The Labute approximate surface area is 144 Å². The van der Waals surface area contributed by atoms with E-state index in [0.29, 0.717) is 0 Å². The predicted molar refractivity (Wildman–Crippen MR) is 99.6 cm³/mol. The van der Waals surface area contributed by atoms with Crippen molar-refractivity contribution in [3.8, 4) is 0 Å². The van der Waals surface area contributed by atoms with Gasteiger partial charge in [0, 0.05) is 6.92 Å². The van der Waals surface area contributed by atoms with Crippen molar-refractivity contribution in [1.82, 2.24) is 5.32 Å². The number of nitrogens with one attached hydrogen (secondary N) is 1. The van der Waals surface area contributed by atoms with Crippen LogP contribution in [0, 0.1) is 0 Å². The Kier molecular flexibility index (Phi) is 17.3. The zero-order valence-corrected chi connectivity index (χ0v) is 15.7. The number of carbonyl (C=O) groups is 1. The van der Waals surface area contributed by atoms with Crippen molar-refractivity contribution in [1.29, 1.82) is 0 Å². The first kappa shape index (κ1) is 22.4. The summed E-state index contributed by atoms with van der Waals surface area (Å²) in [4.78, 5) is 10.9. The summed E-state index contributed by atoms with van der Waals surface area (Å²) < 4.78 is 0. The van der Waals surface area contributed by atoms with Crippen LogP contribution in [0.4, 0.5) is 0 Å². The minimum Gasteiger partial charge on any atom is -0.394 e. The number of aliphatic hydroxyl groups excluding tert-OH is 1. The summed E-state index contributed by atoms with van der Waals surface area (Å²) in [6.45, 7) is 3.83. The normalized spacial score (nSPS) is 12.3. The van der Waals surface area contributed by atoms with Gasteiger partial charge in [-0.05, 0) is 6.42 Å². The zero-order valence-electron chi connectivity index (χ0n) is 15.7. The van der Waals surface area contributed by atoms with Crippen LogP contribution in [0.2, 0.25) is 0 Å². The molecule has 0 radical (unpaired) electrons. The van der Waals surface area contributed by atoms with E-state index in [1.54, 1.807) is 0 Å². The molecule has 1 unspecified atom stereocenters. The molecule has 3 nitrogen and oxygen atoms in total. The number of aliphatic hydroxyl groups is 1. The summed E-state index contributed by atoms with van der Waals surface area (Å²) >= 11 is 0. The maximum absolute atomic E-state index is 10.9. The Balaban J connectivity index is 3.17. The molecule has 3 heteroatoms. The molecule has 0 bridgehead atoms. The largest absolute Gasteiger partial charge is 0.394 e. The van der Waals surface area contributed by atoms with Gasteiger partial charge in [0.2, 0.25) is 5.91 Å². The molecule has 0 aromatic heterocycles. The highest BCUT2D eigenvalue weighted by Gasteiger charge is 2.07. The second-order valence-electron chi connectivity index (χ2n) is 6.96. The molecule has 0 saturated carbocycles. The molecule has 23 heavy (non-hydrogen) atoms. The molecule has 0 heterocycles. The van der Waals surface area contributed by atoms with E-state index in [9.17, 15) is 4.79 Å². The number of carbonyl (C=O) groups excluding carboxylic acids is 1. The first-order chi connectivity index (χ1) is 11.2. The minimum absolute atomic E-state index is 0.0468. The van der Waals surface area contributed by atoms with Crippen molar-refractivity contribution >= 4 is 5.91 Å². The van der Waals surface area contributed by atoms with Gasteiger partial charge in [-0.3, -0.25) is 4.79 Å². The van der Waals surface area contributed by atoms with Gasteiger partial charge in [-0.1, -0.05) is 96.8 Å². The number of amides is 1. The third-order valence-corrected chi connectivity index (χ3v) is 4.53. The SMILES string of the molecule is CCCCCCCCCCCCCCCCC(CO)NC(C)=O. The molecule has 0 aromatic carbocycles. The van der Waals surface area contributed by atoms with Crippen molar-refractivity contribution in [3.63, 3.8) is 0 Å². The third-order valence-electron chi connectivity index (χ3n) is 4.53. The summed E-state index contributed by atoms with van der Waals surface area (Å²) in [5.74, 6) is -0.0468. The van der Waals surface area contributed by atoms with Crippen molar-refractivity contribution in [2.45, 2.75) is 116 Å². The Morgan fingerprint density at radius 3 is 1.52 bits per heavy atom. The minimum atomic E-state index is -0.0511. The molecule has 0 fully saturated rings.